The van der Waals surface area contributed by atoms with Crippen LogP contribution in [0.4, 0.5) is 4.39 Å². The first-order chi connectivity index (χ1) is 7.78. The number of nitrogens with one attached hydrogen (secondary N) is 1. The van der Waals surface area contributed by atoms with E-state index >= 15 is 0 Å². The summed E-state index contributed by atoms with van der Waals surface area (Å²) in [4.78, 5) is 0. The van der Waals surface area contributed by atoms with Gasteiger partial charge >= 0.3 is 0 Å². The highest BCUT2D eigenvalue weighted by molar-refractivity contribution is 5.29. The van der Waals surface area contributed by atoms with Gasteiger partial charge in [0, 0.05) is 12.6 Å². The summed E-state index contributed by atoms with van der Waals surface area (Å²) < 4.78 is 18.9. The Labute approximate surface area is 95.8 Å². The smallest absolute Gasteiger partial charge is 0.127 e. The first-order valence-corrected chi connectivity index (χ1v) is 5.85. The van der Waals surface area contributed by atoms with E-state index < -0.39 is 0 Å². The molecular formula is C13H18FNO. The zero-order chi connectivity index (χ0) is 11.4. The molecule has 0 bridgehead atoms. The number of hydrogen-bond acceptors (Lipinski definition) is 2. The highest BCUT2D eigenvalue weighted by Crippen LogP contribution is 2.27. The standard InChI is InChI=1S/C13H18FNO/c1-15-8-11-5-12(14)7-13(6-11)16-9-10-3-2-4-10/h5-7,10,15H,2-4,8-9H2,1H3. The quantitative estimate of drug-likeness (QED) is 0.828. The predicted octanol–water partition coefficient (Wildman–Crippen LogP) is 2.72. The van der Waals surface area contributed by atoms with Crippen molar-refractivity contribution in [2.75, 3.05) is 13.7 Å². The highest BCUT2D eigenvalue weighted by Gasteiger charge is 2.18. The lowest BCUT2D eigenvalue weighted by Gasteiger charge is -2.25. The number of ether oxygens (including phenoxy) is 1. The summed E-state index contributed by atoms with van der Waals surface area (Å²) in [6, 6.07) is 4.89. The van der Waals surface area contributed by atoms with Crippen LogP contribution in [0.3, 0.4) is 0 Å². The molecule has 1 N–H and O–H groups in total. The number of hydrogen-bond donors (Lipinski definition) is 1. The maximum absolute atomic E-state index is 13.3. The van der Waals surface area contributed by atoms with E-state index in [0.717, 1.165) is 12.2 Å². The summed E-state index contributed by atoms with van der Waals surface area (Å²) in [6.07, 6.45) is 3.81. The van der Waals surface area contributed by atoms with Crippen LogP contribution < -0.4 is 10.1 Å². The first kappa shape index (κ1) is 11.4. The predicted molar refractivity (Wildman–Crippen MR) is 62.0 cm³/mol. The van der Waals surface area contributed by atoms with Gasteiger partial charge < -0.3 is 10.1 Å². The Morgan fingerprint density at radius 1 is 1.38 bits per heavy atom. The van der Waals surface area contributed by atoms with E-state index in [2.05, 4.69) is 5.32 Å². The van der Waals surface area contributed by atoms with Crippen molar-refractivity contribution in [3.63, 3.8) is 0 Å². The molecule has 0 spiro atoms. The van der Waals surface area contributed by atoms with Gasteiger partial charge in [-0.2, -0.15) is 0 Å². The summed E-state index contributed by atoms with van der Waals surface area (Å²) in [5, 5.41) is 3.00. The van der Waals surface area contributed by atoms with Crippen molar-refractivity contribution in [3.05, 3.63) is 29.6 Å². The van der Waals surface area contributed by atoms with Crippen molar-refractivity contribution in [2.45, 2.75) is 25.8 Å². The van der Waals surface area contributed by atoms with Gasteiger partial charge in [0.15, 0.2) is 0 Å². The molecule has 1 fully saturated rings. The van der Waals surface area contributed by atoms with E-state index in [1.54, 1.807) is 0 Å². The number of rotatable bonds is 5. The van der Waals surface area contributed by atoms with Gasteiger partial charge in [-0.1, -0.05) is 6.42 Å². The van der Waals surface area contributed by atoms with Gasteiger partial charge in [0.05, 0.1) is 6.61 Å². The van der Waals surface area contributed by atoms with Gasteiger partial charge in [-0.05, 0) is 43.5 Å². The van der Waals surface area contributed by atoms with Crippen molar-refractivity contribution in [3.8, 4) is 5.75 Å². The van der Waals surface area contributed by atoms with Gasteiger partial charge in [0.1, 0.15) is 11.6 Å². The molecule has 1 aromatic carbocycles. The molecule has 2 nitrogen and oxygen atoms in total. The van der Waals surface area contributed by atoms with Crippen molar-refractivity contribution >= 4 is 0 Å². The minimum absolute atomic E-state index is 0.226. The lowest BCUT2D eigenvalue weighted by atomic mass is 9.86. The van der Waals surface area contributed by atoms with Crippen LogP contribution in [0.1, 0.15) is 24.8 Å². The Kier molecular flexibility index (Phi) is 3.78. The molecule has 0 aromatic heterocycles. The molecule has 0 atom stereocenters. The van der Waals surface area contributed by atoms with Crippen molar-refractivity contribution in [2.24, 2.45) is 5.92 Å². The van der Waals surface area contributed by atoms with E-state index in [0.29, 0.717) is 18.2 Å². The molecule has 1 aromatic rings. The Bertz CT molecular complexity index is 350. The van der Waals surface area contributed by atoms with Crippen LogP contribution in [-0.2, 0) is 6.54 Å². The van der Waals surface area contributed by atoms with Gasteiger partial charge in [0.2, 0.25) is 0 Å². The number of benzene rings is 1. The van der Waals surface area contributed by atoms with Crippen molar-refractivity contribution in [1.82, 2.24) is 5.32 Å². The van der Waals surface area contributed by atoms with Crippen LogP contribution in [0.2, 0.25) is 0 Å². The second-order valence-electron chi connectivity index (χ2n) is 4.43. The third-order valence-corrected chi connectivity index (χ3v) is 3.02. The molecule has 1 aliphatic carbocycles. The molecule has 88 valence electrons. The van der Waals surface area contributed by atoms with E-state index in [1.807, 2.05) is 13.1 Å². The summed E-state index contributed by atoms with van der Waals surface area (Å²) in [5.41, 5.74) is 0.922. The summed E-state index contributed by atoms with van der Waals surface area (Å²) in [6.45, 7) is 1.39. The van der Waals surface area contributed by atoms with E-state index in [4.69, 9.17) is 4.74 Å². The molecular weight excluding hydrogens is 205 g/mol. The molecule has 0 amide bonds. The topological polar surface area (TPSA) is 21.3 Å². The SMILES string of the molecule is CNCc1cc(F)cc(OCC2CCC2)c1. The van der Waals surface area contributed by atoms with Crippen LogP contribution in [0.15, 0.2) is 18.2 Å². The van der Waals surface area contributed by atoms with Crippen molar-refractivity contribution in [1.29, 1.82) is 0 Å². The lowest BCUT2D eigenvalue weighted by Crippen LogP contribution is -2.19. The molecule has 0 heterocycles. The largest absolute Gasteiger partial charge is 0.493 e. The average molecular weight is 223 g/mol. The Morgan fingerprint density at radius 3 is 2.81 bits per heavy atom. The molecule has 0 radical (unpaired) electrons. The fourth-order valence-electron chi connectivity index (χ4n) is 1.88. The summed E-state index contributed by atoms with van der Waals surface area (Å²) in [7, 11) is 1.85. The highest BCUT2D eigenvalue weighted by atomic mass is 19.1. The van der Waals surface area contributed by atoms with Crippen LogP contribution in [-0.4, -0.2) is 13.7 Å². The number of halogens is 1. The molecule has 3 heteroatoms. The van der Waals surface area contributed by atoms with E-state index in [1.165, 1.54) is 31.4 Å². The molecule has 0 saturated heterocycles. The zero-order valence-corrected chi connectivity index (χ0v) is 9.63. The summed E-state index contributed by atoms with van der Waals surface area (Å²) >= 11 is 0. The molecule has 16 heavy (non-hydrogen) atoms. The Morgan fingerprint density at radius 2 is 2.19 bits per heavy atom. The average Bonchev–Trinajstić information content (AvgIpc) is 2.14. The molecule has 0 unspecified atom stereocenters. The lowest BCUT2D eigenvalue weighted by molar-refractivity contribution is 0.180. The molecule has 2 rings (SSSR count). The maximum Gasteiger partial charge on any atom is 0.127 e. The van der Waals surface area contributed by atoms with Crippen molar-refractivity contribution < 1.29 is 9.13 Å². The van der Waals surface area contributed by atoms with Gasteiger partial charge in [-0.3, -0.25) is 0 Å². The Hall–Kier alpha value is -1.09. The second kappa shape index (κ2) is 5.30. The van der Waals surface area contributed by atoms with Crippen LogP contribution in [0, 0.1) is 11.7 Å². The minimum atomic E-state index is -0.226. The minimum Gasteiger partial charge on any atom is -0.493 e. The van der Waals surface area contributed by atoms with Gasteiger partial charge in [-0.25, -0.2) is 4.39 Å². The molecule has 1 aliphatic rings. The monoisotopic (exact) mass is 223 g/mol. The van der Waals surface area contributed by atoms with Crippen LogP contribution in [0.5, 0.6) is 5.75 Å². The fourth-order valence-corrected chi connectivity index (χ4v) is 1.88. The second-order valence-corrected chi connectivity index (χ2v) is 4.43. The normalized spacial score (nSPS) is 15.9. The Balaban J connectivity index is 1.95. The first-order valence-electron chi connectivity index (χ1n) is 5.85. The molecule has 0 aliphatic heterocycles. The van der Waals surface area contributed by atoms with Gasteiger partial charge in [0.25, 0.3) is 0 Å². The zero-order valence-electron chi connectivity index (χ0n) is 9.63. The summed E-state index contributed by atoms with van der Waals surface area (Å²) in [5.74, 6) is 1.10. The fraction of sp³-hybridized carbons (Fsp3) is 0.538. The maximum atomic E-state index is 13.3. The van der Waals surface area contributed by atoms with Crippen LogP contribution >= 0.6 is 0 Å². The molecule has 1 saturated carbocycles. The third kappa shape index (κ3) is 2.95. The van der Waals surface area contributed by atoms with Gasteiger partial charge in [-0.15, -0.1) is 0 Å². The third-order valence-electron chi connectivity index (χ3n) is 3.02. The van der Waals surface area contributed by atoms with E-state index in [-0.39, 0.29) is 5.82 Å². The van der Waals surface area contributed by atoms with E-state index in [9.17, 15) is 4.39 Å². The van der Waals surface area contributed by atoms with Crippen LogP contribution in [0.25, 0.3) is 0 Å².